The summed E-state index contributed by atoms with van der Waals surface area (Å²) in [5.41, 5.74) is 2.89. The maximum absolute atomic E-state index is 6.29. The summed E-state index contributed by atoms with van der Waals surface area (Å²) in [7, 11) is 3.26. The number of hydrogen-bond acceptors (Lipinski definition) is 4. The lowest BCUT2D eigenvalue weighted by molar-refractivity contribution is -0.0440. The summed E-state index contributed by atoms with van der Waals surface area (Å²) in [6, 6.07) is 11.6. The highest BCUT2D eigenvalue weighted by atomic mass is 16.7. The van der Waals surface area contributed by atoms with Crippen molar-refractivity contribution in [1.29, 1.82) is 0 Å². The predicted molar refractivity (Wildman–Crippen MR) is 92.7 cm³/mol. The molecule has 0 N–H and O–H groups in total. The predicted octanol–water partition coefficient (Wildman–Crippen LogP) is 4.30. The van der Waals surface area contributed by atoms with Gasteiger partial charge in [-0.1, -0.05) is 24.3 Å². The molecule has 2 aliphatic rings. The van der Waals surface area contributed by atoms with E-state index in [0.717, 1.165) is 16.7 Å². The average Bonchev–Trinajstić information content (AvgIpc) is 2.61. The Morgan fingerprint density at radius 3 is 2.04 bits per heavy atom. The molecule has 0 saturated carbocycles. The molecule has 2 aliphatic heterocycles. The zero-order chi connectivity index (χ0) is 16.7. The third kappa shape index (κ3) is 2.07. The molecule has 4 rings (SSSR count). The monoisotopic (exact) mass is 322 g/mol. The highest BCUT2D eigenvalue weighted by Crippen LogP contribution is 2.47. The van der Waals surface area contributed by atoms with Crippen molar-refractivity contribution < 1.29 is 18.9 Å². The Balaban J connectivity index is 1.83. The van der Waals surface area contributed by atoms with Crippen LogP contribution in [0.3, 0.4) is 0 Å². The van der Waals surface area contributed by atoms with Crippen LogP contribution in [0.2, 0.25) is 0 Å². The normalized spacial score (nSPS) is 20.4. The third-order valence-electron chi connectivity index (χ3n) is 4.37. The highest BCUT2D eigenvalue weighted by Gasteiger charge is 2.42. The standard InChI is InChI=1S/C20H18O4/c1-13-12-15-7-5-9-17(22-3)19(15)24-20(13)11-10-14-6-4-8-16(21-2)18(14)23-20/h4-12H,1-3H3. The van der Waals surface area contributed by atoms with Gasteiger partial charge in [0.05, 0.1) is 14.2 Å². The Morgan fingerprint density at radius 2 is 1.42 bits per heavy atom. The Hall–Kier alpha value is -2.88. The smallest absolute Gasteiger partial charge is 0.294 e. The van der Waals surface area contributed by atoms with Crippen LogP contribution in [-0.2, 0) is 0 Å². The van der Waals surface area contributed by atoms with Gasteiger partial charge in [-0.3, -0.25) is 0 Å². The van der Waals surface area contributed by atoms with Gasteiger partial charge in [0.15, 0.2) is 23.0 Å². The third-order valence-corrected chi connectivity index (χ3v) is 4.37. The van der Waals surface area contributed by atoms with Gasteiger partial charge in [-0.15, -0.1) is 0 Å². The van der Waals surface area contributed by atoms with Gasteiger partial charge < -0.3 is 18.9 Å². The number of benzene rings is 2. The minimum absolute atomic E-state index is 0.675. The minimum Gasteiger partial charge on any atom is -0.493 e. The van der Waals surface area contributed by atoms with E-state index in [2.05, 4.69) is 6.08 Å². The molecule has 122 valence electrons. The van der Waals surface area contributed by atoms with Crippen LogP contribution in [0.25, 0.3) is 12.2 Å². The van der Waals surface area contributed by atoms with Crippen LogP contribution >= 0.6 is 0 Å². The van der Waals surface area contributed by atoms with Crippen LogP contribution in [0.1, 0.15) is 18.1 Å². The second kappa shape index (κ2) is 5.34. The fraction of sp³-hybridized carbons (Fsp3) is 0.200. The molecule has 2 aromatic rings. The van der Waals surface area contributed by atoms with Crippen LogP contribution in [0, 0.1) is 0 Å². The van der Waals surface area contributed by atoms with E-state index >= 15 is 0 Å². The maximum atomic E-state index is 6.29. The van der Waals surface area contributed by atoms with Crippen molar-refractivity contribution in [3.05, 3.63) is 59.2 Å². The lowest BCUT2D eigenvalue weighted by atomic mass is 9.96. The summed E-state index contributed by atoms with van der Waals surface area (Å²) in [5.74, 6) is 1.71. The molecule has 4 nitrogen and oxygen atoms in total. The molecule has 1 atom stereocenters. The second-order valence-corrected chi connectivity index (χ2v) is 5.79. The van der Waals surface area contributed by atoms with Crippen LogP contribution < -0.4 is 18.9 Å². The van der Waals surface area contributed by atoms with E-state index in [4.69, 9.17) is 18.9 Å². The number of rotatable bonds is 2. The molecule has 0 radical (unpaired) electrons. The molecule has 2 heterocycles. The first-order chi connectivity index (χ1) is 11.7. The molecule has 0 fully saturated rings. The molecule has 1 unspecified atom stereocenters. The molecule has 24 heavy (non-hydrogen) atoms. The molecule has 0 aromatic heterocycles. The van der Waals surface area contributed by atoms with E-state index in [9.17, 15) is 0 Å². The van der Waals surface area contributed by atoms with Gasteiger partial charge in [0.25, 0.3) is 5.79 Å². The van der Waals surface area contributed by atoms with Gasteiger partial charge >= 0.3 is 0 Å². The molecule has 2 aromatic carbocycles. The topological polar surface area (TPSA) is 36.9 Å². The average molecular weight is 322 g/mol. The Labute approximate surface area is 140 Å². The summed E-state index contributed by atoms with van der Waals surface area (Å²) >= 11 is 0. The number of ether oxygens (including phenoxy) is 4. The number of hydrogen-bond donors (Lipinski definition) is 0. The van der Waals surface area contributed by atoms with Crippen molar-refractivity contribution in [2.75, 3.05) is 14.2 Å². The van der Waals surface area contributed by atoms with Crippen molar-refractivity contribution in [3.63, 3.8) is 0 Å². The summed E-state index contributed by atoms with van der Waals surface area (Å²) in [5, 5.41) is 0. The first kappa shape index (κ1) is 14.7. The number of para-hydroxylation sites is 2. The summed E-state index contributed by atoms with van der Waals surface area (Å²) < 4.78 is 23.5. The van der Waals surface area contributed by atoms with Crippen LogP contribution in [0.4, 0.5) is 0 Å². The van der Waals surface area contributed by atoms with Crippen molar-refractivity contribution in [3.8, 4) is 23.0 Å². The van der Waals surface area contributed by atoms with Crippen molar-refractivity contribution in [2.45, 2.75) is 12.7 Å². The van der Waals surface area contributed by atoms with E-state index in [1.165, 1.54) is 0 Å². The molecule has 1 spiro atoms. The SMILES string of the molecule is COc1cccc2c1OC1(C=C2)Oc2c(cccc2OC)C=C1C. The second-order valence-electron chi connectivity index (χ2n) is 5.79. The molecular formula is C20H18O4. The Morgan fingerprint density at radius 1 is 0.833 bits per heavy atom. The Kier molecular flexibility index (Phi) is 3.27. The fourth-order valence-corrected chi connectivity index (χ4v) is 3.07. The van der Waals surface area contributed by atoms with Gasteiger partial charge in [-0.05, 0) is 31.2 Å². The minimum atomic E-state index is -0.997. The van der Waals surface area contributed by atoms with Gasteiger partial charge in [0, 0.05) is 22.8 Å². The highest BCUT2D eigenvalue weighted by molar-refractivity contribution is 5.72. The van der Waals surface area contributed by atoms with E-state index in [1.54, 1.807) is 14.2 Å². The molecular weight excluding hydrogens is 304 g/mol. The molecule has 0 saturated heterocycles. The molecule has 0 amide bonds. The quantitative estimate of drug-likeness (QED) is 0.826. The van der Waals surface area contributed by atoms with Gasteiger partial charge in [-0.25, -0.2) is 0 Å². The van der Waals surface area contributed by atoms with Crippen molar-refractivity contribution in [2.24, 2.45) is 0 Å². The zero-order valence-electron chi connectivity index (χ0n) is 13.8. The largest absolute Gasteiger partial charge is 0.493 e. The van der Waals surface area contributed by atoms with Crippen molar-refractivity contribution in [1.82, 2.24) is 0 Å². The van der Waals surface area contributed by atoms with Crippen LogP contribution in [0.15, 0.2) is 48.0 Å². The van der Waals surface area contributed by atoms with E-state index in [-0.39, 0.29) is 0 Å². The summed E-state index contributed by atoms with van der Waals surface area (Å²) in [4.78, 5) is 0. The van der Waals surface area contributed by atoms with Crippen LogP contribution in [0.5, 0.6) is 23.0 Å². The molecule has 4 heteroatoms. The van der Waals surface area contributed by atoms with E-state index in [1.807, 2.05) is 55.5 Å². The van der Waals surface area contributed by atoms with E-state index < -0.39 is 5.79 Å². The first-order valence-corrected chi connectivity index (χ1v) is 7.77. The molecule has 0 bridgehead atoms. The van der Waals surface area contributed by atoms with E-state index in [0.29, 0.717) is 23.0 Å². The fourth-order valence-electron chi connectivity index (χ4n) is 3.07. The van der Waals surface area contributed by atoms with Crippen molar-refractivity contribution >= 4 is 12.2 Å². The van der Waals surface area contributed by atoms with Gasteiger partial charge in [-0.2, -0.15) is 0 Å². The van der Waals surface area contributed by atoms with Gasteiger partial charge in [0.2, 0.25) is 0 Å². The van der Waals surface area contributed by atoms with Crippen LogP contribution in [-0.4, -0.2) is 20.0 Å². The molecule has 0 aliphatic carbocycles. The lowest BCUT2D eigenvalue weighted by Gasteiger charge is -2.39. The van der Waals surface area contributed by atoms with Gasteiger partial charge in [0.1, 0.15) is 0 Å². The summed E-state index contributed by atoms with van der Waals surface area (Å²) in [6.07, 6.45) is 5.99. The maximum Gasteiger partial charge on any atom is 0.294 e. The number of fused-ring (bicyclic) bond motifs is 2. The zero-order valence-corrected chi connectivity index (χ0v) is 13.8. The Bertz CT molecular complexity index is 862. The number of methoxy groups -OCH3 is 2. The first-order valence-electron chi connectivity index (χ1n) is 7.77. The lowest BCUT2D eigenvalue weighted by Crippen LogP contribution is -2.44. The summed E-state index contributed by atoms with van der Waals surface area (Å²) in [6.45, 7) is 1.99.